The number of ether oxygens (including phenoxy) is 1. The normalized spacial score (nSPS) is 12.2. The molecule has 6 heteroatoms. The Morgan fingerprint density at radius 3 is 2.45 bits per heavy atom. The summed E-state index contributed by atoms with van der Waals surface area (Å²) < 4.78 is 5.62. The van der Waals surface area contributed by atoms with Gasteiger partial charge in [-0.1, -0.05) is 53.6 Å². The van der Waals surface area contributed by atoms with E-state index in [4.69, 9.17) is 16.3 Å². The van der Waals surface area contributed by atoms with Crippen LogP contribution in [0.3, 0.4) is 0 Å². The summed E-state index contributed by atoms with van der Waals surface area (Å²) in [6.07, 6.45) is 0. The van der Waals surface area contributed by atoms with Crippen LogP contribution in [0.5, 0.6) is 5.75 Å². The number of aryl methyl sites for hydroxylation is 1. The van der Waals surface area contributed by atoms with Crippen molar-refractivity contribution in [3.8, 4) is 5.75 Å². The van der Waals surface area contributed by atoms with Crippen molar-refractivity contribution in [1.29, 1.82) is 0 Å². The van der Waals surface area contributed by atoms with Gasteiger partial charge in [-0.2, -0.15) is 0 Å². The summed E-state index contributed by atoms with van der Waals surface area (Å²) >= 11 is 6.11. The lowest BCUT2D eigenvalue weighted by Gasteiger charge is -2.31. The summed E-state index contributed by atoms with van der Waals surface area (Å²) in [7, 11) is 0. The lowest BCUT2D eigenvalue weighted by molar-refractivity contribution is -0.142. The lowest BCUT2D eigenvalue weighted by atomic mass is 10.1. The predicted octanol–water partition coefficient (Wildman–Crippen LogP) is 4.36. The fourth-order valence-corrected chi connectivity index (χ4v) is 3.04. The van der Waals surface area contributed by atoms with Crippen molar-refractivity contribution in [2.24, 2.45) is 0 Å². The molecule has 0 spiro atoms. The first-order chi connectivity index (χ1) is 13.6. The molecular weight excluding hydrogens is 388 g/mol. The topological polar surface area (TPSA) is 58.6 Å². The zero-order valence-corrected chi connectivity index (χ0v) is 18.4. The number of rotatable bonds is 7. The second-order valence-corrected chi connectivity index (χ2v) is 8.55. The molecule has 5 nitrogen and oxygen atoms in total. The SMILES string of the molecule is Cc1cccc(CN(C(=O)COc2ccccc2Cl)[C@H](C)C(=O)NC(C)(C)C)c1. The minimum absolute atomic E-state index is 0.206. The van der Waals surface area contributed by atoms with E-state index in [2.05, 4.69) is 5.32 Å². The van der Waals surface area contributed by atoms with Gasteiger partial charge >= 0.3 is 0 Å². The highest BCUT2D eigenvalue weighted by Crippen LogP contribution is 2.23. The van der Waals surface area contributed by atoms with E-state index in [1.807, 2.05) is 52.0 Å². The number of amides is 2. The van der Waals surface area contributed by atoms with Crippen molar-refractivity contribution in [1.82, 2.24) is 10.2 Å². The second-order valence-electron chi connectivity index (χ2n) is 8.15. The van der Waals surface area contributed by atoms with Gasteiger partial charge < -0.3 is 15.0 Å². The fourth-order valence-electron chi connectivity index (χ4n) is 2.85. The van der Waals surface area contributed by atoms with Crippen LogP contribution >= 0.6 is 11.6 Å². The molecule has 2 aromatic rings. The molecule has 0 fully saturated rings. The van der Waals surface area contributed by atoms with Crippen molar-refractivity contribution in [2.45, 2.75) is 52.7 Å². The van der Waals surface area contributed by atoms with E-state index in [0.717, 1.165) is 11.1 Å². The van der Waals surface area contributed by atoms with E-state index in [-0.39, 0.29) is 18.4 Å². The van der Waals surface area contributed by atoms with Crippen LogP contribution in [0.25, 0.3) is 0 Å². The van der Waals surface area contributed by atoms with Crippen LogP contribution in [-0.2, 0) is 16.1 Å². The molecule has 2 rings (SSSR count). The average Bonchev–Trinajstić information content (AvgIpc) is 2.63. The Morgan fingerprint density at radius 2 is 1.83 bits per heavy atom. The lowest BCUT2D eigenvalue weighted by Crippen LogP contribution is -2.53. The van der Waals surface area contributed by atoms with Crippen LogP contribution in [0.1, 0.15) is 38.8 Å². The molecule has 156 valence electrons. The molecule has 29 heavy (non-hydrogen) atoms. The molecule has 0 unspecified atom stereocenters. The first kappa shape index (κ1) is 22.8. The van der Waals surface area contributed by atoms with Gasteiger partial charge in [0.05, 0.1) is 5.02 Å². The smallest absolute Gasteiger partial charge is 0.261 e. The first-order valence-corrected chi connectivity index (χ1v) is 9.99. The van der Waals surface area contributed by atoms with Crippen LogP contribution in [0.15, 0.2) is 48.5 Å². The fraction of sp³-hybridized carbons (Fsp3) is 0.391. The maximum absolute atomic E-state index is 13.0. The molecule has 0 aliphatic heterocycles. The van der Waals surface area contributed by atoms with Crippen LogP contribution in [0.4, 0.5) is 0 Å². The second kappa shape index (κ2) is 9.79. The molecule has 0 aromatic heterocycles. The minimum Gasteiger partial charge on any atom is -0.482 e. The van der Waals surface area contributed by atoms with Gasteiger partial charge in [0.1, 0.15) is 11.8 Å². The van der Waals surface area contributed by atoms with Gasteiger partial charge in [-0.15, -0.1) is 0 Å². The summed E-state index contributed by atoms with van der Waals surface area (Å²) in [5.41, 5.74) is 1.65. The molecule has 0 saturated carbocycles. The van der Waals surface area contributed by atoms with Crippen molar-refractivity contribution >= 4 is 23.4 Å². The van der Waals surface area contributed by atoms with Crippen LogP contribution in [0.2, 0.25) is 5.02 Å². The molecule has 0 radical (unpaired) electrons. The Balaban J connectivity index is 2.19. The monoisotopic (exact) mass is 416 g/mol. The highest BCUT2D eigenvalue weighted by molar-refractivity contribution is 6.32. The third kappa shape index (κ3) is 7.09. The van der Waals surface area contributed by atoms with Crippen LogP contribution < -0.4 is 10.1 Å². The summed E-state index contributed by atoms with van der Waals surface area (Å²) in [6, 6.07) is 14.2. The van der Waals surface area contributed by atoms with Gasteiger partial charge in [-0.3, -0.25) is 9.59 Å². The number of para-hydroxylation sites is 1. The summed E-state index contributed by atoms with van der Waals surface area (Å²) in [5, 5.41) is 3.37. The summed E-state index contributed by atoms with van der Waals surface area (Å²) in [5.74, 6) is -0.0657. The number of nitrogens with zero attached hydrogens (tertiary/aromatic N) is 1. The summed E-state index contributed by atoms with van der Waals surface area (Å²) in [4.78, 5) is 27.3. The van der Waals surface area contributed by atoms with Crippen LogP contribution in [-0.4, -0.2) is 34.9 Å². The highest BCUT2D eigenvalue weighted by Gasteiger charge is 2.28. The molecule has 1 N–H and O–H groups in total. The molecular formula is C23H29ClN2O3. The van der Waals surface area contributed by atoms with E-state index in [1.165, 1.54) is 4.90 Å². The Labute approximate surface area is 178 Å². The first-order valence-electron chi connectivity index (χ1n) is 9.61. The number of carbonyl (C=O) groups is 2. The number of hydrogen-bond donors (Lipinski definition) is 1. The quantitative estimate of drug-likeness (QED) is 0.729. The zero-order chi connectivity index (χ0) is 21.6. The highest BCUT2D eigenvalue weighted by atomic mass is 35.5. The van der Waals surface area contributed by atoms with Crippen molar-refractivity contribution in [2.75, 3.05) is 6.61 Å². The third-order valence-corrected chi connectivity index (χ3v) is 4.60. The Kier molecular flexibility index (Phi) is 7.68. The van der Waals surface area contributed by atoms with Crippen molar-refractivity contribution < 1.29 is 14.3 Å². The largest absolute Gasteiger partial charge is 0.482 e. The standard InChI is InChI=1S/C23H29ClN2O3/c1-16-9-8-10-18(13-16)14-26(17(2)22(28)25-23(3,4)5)21(27)15-29-20-12-7-6-11-19(20)24/h6-13,17H,14-15H2,1-5H3,(H,25,28)/t17-/m1/s1. The molecule has 2 amide bonds. The van der Waals surface area contributed by atoms with Gasteiger partial charge in [-0.25, -0.2) is 0 Å². The Morgan fingerprint density at radius 1 is 1.14 bits per heavy atom. The van der Waals surface area contributed by atoms with E-state index in [9.17, 15) is 9.59 Å². The maximum atomic E-state index is 13.0. The van der Waals surface area contributed by atoms with Crippen LogP contribution in [0, 0.1) is 6.92 Å². The Bertz CT molecular complexity index is 861. The number of carbonyl (C=O) groups excluding carboxylic acids is 2. The molecule has 1 atom stereocenters. The molecule has 0 bridgehead atoms. The van der Waals surface area contributed by atoms with E-state index in [0.29, 0.717) is 17.3 Å². The molecule has 2 aromatic carbocycles. The Hall–Kier alpha value is -2.53. The van der Waals surface area contributed by atoms with Crippen molar-refractivity contribution in [3.63, 3.8) is 0 Å². The van der Waals surface area contributed by atoms with E-state index < -0.39 is 11.6 Å². The molecule has 0 heterocycles. The van der Waals surface area contributed by atoms with Gasteiger partial charge in [0.15, 0.2) is 6.61 Å². The number of hydrogen-bond acceptors (Lipinski definition) is 3. The average molecular weight is 417 g/mol. The zero-order valence-electron chi connectivity index (χ0n) is 17.7. The maximum Gasteiger partial charge on any atom is 0.261 e. The van der Waals surface area contributed by atoms with Gasteiger partial charge in [0, 0.05) is 12.1 Å². The third-order valence-electron chi connectivity index (χ3n) is 4.29. The number of benzene rings is 2. The van der Waals surface area contributed by atoms with Gasteiger partial charge in [0.25, 0.3) is 5.91 Å². The minimum atomic E-state index is -0.655. The van der Waals surface area contributed by atoms with Crippen molar-refractivity contribution in [3.05, 3.63) is 64.7 Å². The number of halogens is 1. The molecule has 0 aliphatic carbocycles. The molecule has 0 aliphatic rings. The van der Waals surface area contributed by atoms with E-state index in [1.54, 1.807) is 31.2 Å². The van der Waals surface area contributed by atoms with E-state index >= 15 is 0 Å². The molecule has 0 saturated heterocycles. The summed E-state index contributed by atoms with van der Waals surface area (Å²) in [6.45, 7) is 9.55. The predicted molar refractivity (Wildman–Crippen MR) is 116 cm³/mol. The number of nitrogens with one attached hydrogen (secondary N) is 1. The van der Waals surface area contributed by atoms with Gasteiger partial charge in [0.2, 0.25) is 5.91 Å². The van der Waals surface area contributed by atoms with Gasteiger partial charge in [-0.05, 0) is 52.3 Å².